The summed E-state index contributed by atoms with van der Waals surface area (Å²) >= 11 is 5.05. The van der Waals surface area contributed by atoms with E-state index in [1.807, 2.05) is 12.1 Å². The maximum atomic E-state index is 5.75. The monoisotopic (exact) mass is 286 g/mol. The fraction of sp³-hybridized carbons (Fsp3) is 0.300. The molecule has 0 aliphatic rings. The van der Waals surface area contributed by atoms with Crippen molar-refractivity contribution in [2.75, 3.05) is 5.73 Å². The average molecular weight is 287 g/mol. The van der Waals surface area contributed by atoms with Crippen molar-refractivity contribution >= 4 is 33.2 Å². The Morgan fingerprint density at radius 3 is 2.73 bits per heavy atom. The van der Waals surface area contributed by atoms with Crippen molar-refractivity contribution in [2.45, 2.75) is 19.8 Å². The van der Waals surface area contributed by atoms with Crippen LogP contribution in [0.4, 0.5) is 5.88 Å². The smallest absolute Gasteiger partial charge is 0.226 e. The number of aromatic nitrogens is 1. The quantitative estimate of drug-likeness (QED) is 0.912. The third kappa shape index (κ3) is 1.94. The van der Waals surface area contributed by atoms with E-state index >= 15 is 0 Å². The van der Waals surface area contributed by atoms with Gasteiger partial charge in [0.05, 0.1) is 8.66 Å². The standard InChI is InChI=1S/C10H11BrN2OS/c1-5(2)8-9(13-14-10(8)12)6-3-4-7(11)15-6/h3-5H,12H2,1-2H3. The van der Waals surface area contributed by atoms with Gasteiger partial charge in [0, 0.05) is 5.56 Å². The zero-order chi connectivity index (χ0) is 11.0. The predicted octanol–water partition coefficient (Wildman–Crippen LogP) is 3.87. The minimum absolute atomic E-state index is 0.312. The van der Waals surface area contributed by atoms with Crippen LogP contribution in [0.25, 0.3) is 10.6 Å². The third-order valence-corrected chi connectivity index (χ3v) is 3.77. The molecule has 0 bridgehead atoms. The summed E-state index contributed by atoms with van der Waals surface area (Å²) in [4.78, 5) is 1.08. The molecule has 0 amide bonds. The number of rotatable bonds is 2. The van der Waals surface area contributed by atoms with Crippen molar-refractivity contribution < 1.29 is 4.52 Å². The fourth-order valence-corrected chi connectivity index (χ4v) is 2.87. The van der Waals surface area contributed by atoms with E-state index in [1.165, 1.54) is 0 Å². The zero-order valence-electron chi connectivity index (χ0n) is 8.45. The summed E-state index contributed by atoms with van der Waals surface area (Å²) in [6.45, 7) is 4.16. The molecule has 0 aliphatic carbocycles. The molecule has 3 nitrogen and oxygen atoms in total. The number of hydrogen-bond donors (Lipinski definition) is 1. The second-order valence-electron chi connectivity index (χ2n) is 3.57. The predicted molar refractivity (Wildman–Crippen MR) is 66.0 cm³/mol. The van der Waals surface area contributed by atoms with Crippen molar-refractivity contribution in [1.29, 1.82) is 0 Å². The first-order chi connectivity index (χ1) is 7.09. The molecule has 2 N–H and O–H groups in total. The highest BCUT2D eigenvalue weighted by atomic mass is 79.9. The molecule has 15 heavy (non-hydrogen) atoms. The Morgan fingerprint density at radius 2 is 2.20 bits per heavy atom. The first-order valence-electron chi connectivity index (χ1n) is 4.60. The number of nitrogens with two attached hydrogens (primary N) is 1. The molecule has 2 heterocycles. The van der Waals surface area contributed by atoms with E-state index in [1.54, 1.807) is 11.3 Å². The van der Waals surface area contributed by atoms with Gasteiger partial charge in [-0.3, -0.25) is 0 Å². The molecule has 0 saturated heterocycles. The number of hydrogen-bond acceptors (Lipinski definition) is 4. The van der Waals surface area contributed by atoms with Crippen molar-refractivity contribution in [3.63, 3.8) is 0 Å². The molecular weight excluding hydrogens is 276 g/mol. The Hall–Kier alpha value is -0.810. The normalized spacial score (nSPS) is 11.2. The number of nitrogen functional groups attached to an aromatic ring is 1. The van der Waals surface area contributed by atoms with Gasteiger partial charge in [-0.05, 0) is 34.0 Å². The zero-order valence-corrected chi connectivity index (χ0v) is 10.9. The third-order valence-electron chi connectivity index (χ3n) is 2.14. The fourth-order valence-electron chi connectivity index (χ4n) is 1.49. The minimum atomic E-state index is 0.312. The molecule has 0 aromatic carbocycles. The van der Waals surface area contributed by atoms with Gasteiger partial charge >= 0.3 is 0 Å². The van der Waals surface area contributed by atoms with Gasteiger partial charge in [0.2, 0.25) is 5.88 Å². The molecule has 0 spiro atoms. The van der Waals surface area contributed by atoms with E-state index < -0.39 is 0 Å². The Bertz CT molecular complexity index is 475. The average Bonchev–Trinajstić information content (AvgIpc) is 2.71. The summed E-state index contributed by atoms with van der Waals surface area (Å²) in [5.74, 6) is 0.733. The van der Waals surface area contributed by atoms with E-state index in [-0.39, 0.29) is 0 Å². The van der Waals surface area contributed by atoms with Crippen LogP contribution < -0.4 is 5.73 Å². The van der Waals surface area contributed by atoms with E-state index in [0.717, 1.165) is 19.9 Å². The van der Waals surface area contributed by atoms with Crippen molar-refractivity contribution in [3.8, 4) is 10.6 Å². The number of halogens is 1. The molecule has 0 radical (unpaired) electrons. The number of thiophene rings is 1. The molecule has 2 aromatic rings. The van der Waals surface area contributed by atoms with Crippen LogP contribution in [0.3, 0.4) is 0 Å². The maximum absolute atomic E-state index is 5.75. The van der Waals surface area contributed by atoms with Gasteiger partial charge in [-0.1, -0.05) is 19.0 Å². The minimum Gasteiger partial charge on any atom is -0.367 e. The Balaban J connectivity index is 2.53. The first-order valence-corrected chi connectivity index (χ1v) is 6.21. The van der Waals surface area contributed by atoms with Gasteiger partial charge in [0.25, 0.3) is 0 Å². The first kappa shape index (κ1) is 10.7. The topological polar surface area (TPSA) is 52.0 Å². The highest BCUT2D eigenvalue weighted by molar-refractivity contribution is 9.11. The van der Waals surface area contributed by atoms with Gasteiger partial charge in [-0.2, -0.15) is 0 Å². The summed E-state index contributed by atoms with van der Waals surface area (Å²) < 4.78 is 6.12. The van der Waals surface area contributed by atoms with Crippen LogP contribution >= 0.6 is 27.3 Å². The summed E-state index contributed by atoms with van der Waals surface area (Å²) in [6.07, 6.45) is 0. The van der Waals surface area contributed by atoms with Crippen LogP contribution in [0.5, 0.6) is 0 Å². The number of anilines is 1. The molecule has 0 saturated carbocycles. The molecule has 0 unspecified atom stereocenters. The van der Waals surface area contributed by atoms with Crippen molar-refractivity contribution in [1.82, 2.24) is 5.16 Å². The van der Waals surface area contributed by atoms with E-state index in [4.69, 9.17) is 10.3 Å². The van der Waals surface area contributed by atoms with Gasteiger partial charge < -0.3 is 10.3 Å². The lowest BCUT2D eigenvalue weighted by molar-refractivity contribution is 0.438. The number of nitrogens with zero attached hydrogens (tertiary/aromatic N) is 1. The van der Waals surface area contributed by atoms with Crippen molar-refractivity contribution in [3.05, 3.63) is 21.5 Å². The van der Waals surface area contributed by atoms with E-state index in [2.05, 4.69) is 34.9 Å². The second-order valence-corrected chi connectivity index (χ2v) is 6.03. The molecule has 2 rings (SSSR count). The van der Waals surface area contributed by atoms with Gasteiger partial charge in [0.15, 0.2) is 0 Å². The van der Waals surface area contributed by atoms with Crippen LogP contribution in [-0.4, -0.2) is 5.16 Å². The lowest BCUT2D eigenvalue weighted by atomic mass is 10.0. The summed E-state index contributed by atoms with van der Waals surface area (Å²) in [6, 6.07) is 4.01. The second kappa shape index (κ2) is 3.98. The van der Waals surface area contributed by atoms with Gasteiger partial charge in [0.1, 0.15) is 5.69 Å². The highest BCUT2D eigenvalue weighted by Gasteiger charge is 2.19. The molecule has 0 aliphatic heterocycles. The van der Waals surface area contributed by atoms with Crippen LogP contribution in [0.1, 0.15) is 25.3 Å². The lowest BCUT2D eigenvalue weighted by Gasteiger charge is -2.02. The summed E-state index contributed by atoms with van der Waals surface area (Å²) in [5.41, 5.74) is 7.60. The summed E-state index contributed by atoms with van der Waals surface area (Å²) in [7, 11) is 0. The van der Waals surface area contributed by atoms with Crippen LogP contribution in [-0.2, 0) is 0 Å². The van der Waals surface area contributed by atoms with E-state index in [9.17, 15) is 0 Å². The van der Waals surface area contributed by atoms with Crippen LogP contribution in [0.15, 0.2) is 20.4 Å². The molecule has 2 aromatic heterocycles. The molecular formula is C10H11BrN2OS. The summed E-state index contributed by atoms with van der Waals surface area (Å²) in [5, 5.41) is 4.01. The van der Waals surface area contributed by atoms with Crippen LogP contribution in [0, 0.1) is 0 Å². The lowest BCUT2D eigenvalue weighted by Crippen LogP contribution is -1.93. The maximum Gasteiger partial charge on any atom is 0.226 e. The van der Waals surface area contributed by atoms with Gasteiger partial charge in [-0.25, -0.2) is 0 Å². The van der Waals surface area contributed by atoms with Crippen molar-refractivity contribution in [2.24, 2.45) is 0 Å². The Kier molecular flexibility index (Phi) is 2.84. The van der Waals surface area contributed by atoms with Crippen LogP contribution in [0.2, 0.25) is 0 Å². The molecule has 0 fully saturated rings. The Morgan fingerprint density at radius 1 is 1.47 bits per heavy atom. The molecule has 5 heteroatoms. The highest BCUT2D eigenvalue weighted by Crippen LogP contribution is 2.37. The van der Waals surface area contributed by atoms with Gasteiger partial charge in [-0.15, -0.1) is 11.3 Å². The van der Waals surface area contributed by atoms with E-state index in [0.29, 0.717) is 11.8 Å². The SMILES string of the molecule is CC(C)c1c(-c2ccc(Br)s2)noc1N. The molecule has 0 atom stereocenters. The largest absolute Gasteiger partial charge is 0.367 e. The molecule has 80 valence electrons. The Labute approximate surface area is 100 Å².